The van der Waals surface area contributed by atoms with Crippen LogP contribution in [0.15, 0.2) is 35.5 Å². The first-order valence-electron chi connectivity index (χ1n) is 12.9. The van der Waals surface area contributed by atoms with Gasteiger partial charge in [-0.3, -0.25) is 4.90 Å². The lowest BCUT2D eigenvalue weighted by molar-refractivity contribution is 0.0220. The Morgan fingerprint density at radius 1 is 1.05 bits per heavy atom. The predicted molar refractivity (Wildman–Crippen MR) is 142 cm³/mol. The molecule has 198 valence electrons. The van der Waals surface area contributed by atoms with Crippen molar-refractivity contribution in [3.63, 3.8) is 0 Å². The molecule has 2 saturated heterocycles. The molecule has 1 aromatic carbocycles. The number of fused-ring (bicyclic) bond motifs is 3. The molecule has 4 heterocycles. The Bertz CT molecular complexity index is 1140. The molecule has 10 heteroatoms. The SMILES string of the molecule is CSc1nc2c(c(N3CC4CCC(C3)N4C(=O)OCc3ccccc3)n1)CCN(C(=O)OC(C)(C)C)C2. The molecule has 2 bridgehead atoms. The van der Waals surface area contributed by atoms with Crippen LogP contribution in [0.4, 0.5) is 15.4 Å². The molecule has 3 aliphatic heterocycles. The minimum absolute atomic E-state index is 0.0900. The van der Waals surface area contributed by atoms with Gasteiger partial charge in [-0.15, -0.1) is 0 Å². The van der Waals surface area contributed by atoms with E-state index in [1.807, 2.05) is 62.3 Å². The van der Waals surface area contributed by atoms with Crippen molar-refractivity contribution in [2.45, 2.75) is 76.0 Å². The highest BCUT2D eigenvalue weighted by Gasteiger charge is 2.44. The second-order valence-corrected chi connectivity index (χ2v) is 11.6. The summed E-state index contributed by atoms with van der Waals surface area (Å²) in [5, 5.41) is 0.692. The summed E-state index contributed by atoms with van der Waals surface area (Å²) in [6.45, 7) is 8.31. The van der Waals surface area contributed by atoms with Crippen molar-refractivity contribution < 1.29 is 19.1 Å². The van der Waals surface area contributed by atoms with Crippen LogP contribution in [0.2, 0.25) is 0 Å². The van der Waals surface area contributed by atoms with Crippen LogP contribution in [0.1, 0.15) is 50.4 Å². The Balaban J connectivity index is 1.30. The van der Waals surface area contributed by atoms with Gasteiger partial charge in [-0.05, 0) is 51.9 Å². The van der Waals surface area contributed by atoms with Crippen molar-refractivity contribution >= 4 is 29.8 Å². The molecule has 5 rings (SSSR count). The van der Waals surface area contributed by atoms with Crippen molar-refractivity contribution in [1.82, 2.24) is 19.8 Å². The van der Waals surface area contributed by atoms with E-state index in [1.54, 1.807) is 4.90 Å². The average Bonchev–Trinajstić information content (AvgIpc) is 3.15. The number of aromatic nitrogens is 2. The van der Waals surface area contributed by atoms with Gasteiger partial charge in [-0.25, -0.2) is 19.6 Å². The molecule has 0 aliphatic carbocycles. The summed E-state index contributed by atoms with van der Waals surface area (Å²) in [6, 6.07) is 9.96. The first-order valence-corrected chi connectivity index (χ1v) is 14.1. The molecular weight excluding hydrogens is 490 g/mol. The summed E-state index contributed by atoms with van der Waals surface area (Å²) in [5.74, 6) is 0.937. The zero-order valence-corrected chi connectivity index (χ0v) is 22.8. The first kappa shape index (κ1) is 25.6. The summed E-state index contributed by atoms with van der Waals surface area (Å²) in [4.78, 5) is 41.3. The molecule has 3 aliphatic rings. The van der Waals surface area contributed by atoms with Gasteiger partial charge in [-0.2, -0.15) is 0 Å². The summed E-state index contributed by atoms with van der Waals surface area (Å²) < 4.78 is 11.3. The standard InChI is InChI=1S/C27H35N5O4S/c1-27(2,3)36-25(33)30-13-12-21-22(16-30)28-24(37-4)29-23(21)31-14-19-10-11-20(15-31)32(19)26(34)35-17-18-8-6-5-7-9-18/h5-9,19-20H,10-17H2,1-4H3. The van der Waals surface area contributed by atoms with Gasteiger partial charge in [0.05, 0.1) is 24.3 Å². The van der Waals surface area contributed by atoms with E-state index in [2.05, 4.69) is 4.90 Å². The number of carbonyl (C=O) groups is 2. The molecule has 0 radical (unpaired) electrons. The highest BCUT2D eigenvalue weighted by molar-refractivity contribution is 7.98. The second kappa shape index (κ2) is 10.4. The number of carbonyl (C=O) groups excluding carboxylic acids is 2. The largest absolute Gasteiger partial charge is 0.445 e. The number of hydrogen-bond donors (Lipinski definition) is 0. The van der Waals surface area contributed by atoms with Crippen LogP contribution in [0.5, 0.6) is 0 Å². The topological polar surface area (TPSA) is 88.1 Å². The molecule has 0 N–H and O–H groups in total. The Morgan fingerprint density at radius 3 is 2.41 bits per heavy atom. The number of nitrogens with zero attached hydrogens (tertiary/aromatic N) is 5. The third kappa shape index (κ3) is 5.63. The first-order chi connectivity index (χ1) is 17.7. The summed E-state index contributed by atoms with van der Waals surface area (Å²) in [6.07, 6.45) is 3.99. The lowest BCUT2D eigenvalue weighted by atomic mass is 10.0. The van der Waals surface area contributed by atoms with Crippen molar-refractivity contribution in [2.75, 3.05) is 30.8 Å². The molecule has 0 spiro atoms. The van der Waals surface area contributed by atoms with Crippen LogP contribution in [-0.4, -0.2) is 75.5 Å². The lowest BCUT2D eigenvalue weighted by Crippen LogP contribution is -2.56. The number of benzene rings is 1. The van der Waals surface area contributed by atoms with Gasteiger partial charge in [0, 0.05) is 25.2 Å². The van der Waals surface area contributed by atoms with E-state index in [4.69, 9.17) is 19.4 Å². The minimum atomic E-state index is -0.542. The van der Waals surface area contributed by atoms with Gasteiger partial charge < -0.3 is 19.3 Å². The Hall–Kier alpha value is -3.01. The van der Waals surface area contributed by atoms with Crippen molar-refractivity contribution in [2.24, 2.45) is 0 Å². The van der Waals surface area contributed by atoms with E-state index < -0.39 is 5.60 Å². The number of rotatable bonds is 4. The van der Waals surface area contributed by atoms with Crippen LogP contribution in [0.25, 0.3) is 0 Å². The van der Waals surface area contributed by atoms with Crippen LogP contribution in [-0.2, 0) is 29.0 Å². The minimum Gasteiger partial charge on any atom is -0.445 e. The van der Waals surface area contributed by atoms with Crippen molar-refractivity contribution in [1.29, 1.82) is 0 Å². The third-order valence-electron chi connectivity index (χ3n) is 7.05. The van der Waals surface area contributed by atoms with E-state index >= 15 is 0 Å². The number of ether oxygens (including phenoxy) is 2. The predicted octanol–water partition coefficient (Wildman–Crippen LogP) is 4.48. The van der Waals surface area contributed by atoms with Gasteiger partial charge in [0.15, 0.2) is 5.16 Å². The highest BCUT2D eigenvalue weighted by Crippen LogP contribution is 2.36. The maximum atomic E-state index is 13.0. The number of amides is 2. The van der Waals surface area contributed by atoms with Crippen LogP contribution < -0.4 is 4.90 Å². The molecule has 0 saturated carbocycles. The zero-order chi connectivity index (χ0) is 26.2. The fourth-order valence-corrected chi connectivity index (χ4v) is 5.77. The molecular formula is C27H35N5O4S. The second-order valence-electron chi connectivity index (χ2n) is 10.8. The van der Waals surface area contributed by atoms with Crippen molar-refractivity contribution in [3.8, 4) is 0 Å². The monoisotopic (exact) mass is 525 g/mol. The van der Waals surface area contributed by atoms with E-state index in [9.17, 15) is 9.59 Å². The molecule has 2 atom stereocenters. The Morgan fingerprint density at radius 2 is 1.76 bits per heavy atom. The van der Waals surface area contributed by atoms with Crippen molar-refractivity contribution in [3.05, 3.63) is 47.2 Å². The number of thioether (sulfide) groups is 1. The molecule has 1 aromatic heterocycles. The summed E-state index contributed by atoms with van der Waals surface area (Å²) >= 11 is 1.50. The lowest BCUT2D eigenvalue weighted by Gasteiger charge is -2.42. The van der Waals surface area contributed by atoms with E-state index in [0.29, 0.717) is 37.8 Å². The molecule has 2 fully saturated rings. The summed E-state index contributed by atoms with van der Waals surface area (Å²) in [7, 11) is 0. The van der Waals surface area contributed by atoms with E-state index in [0.717, 1.165) is 35.5 Å². The van der Waals surface area contributed by atoms with Gasteiger partial charge in [0.1, 0.15) is 18.0 Å². The smallest absolute Gasteiger partial charge is 0.410 e. The number of hydrogen-bond acceptors (Lipinski definition) is 8. The molecule has 9 nitrogen and oxygen atoms in total. The zero-order valence-electron chi connectivity index (χ0n) is 22.0. The quantitative estimate of drug-likeness (QED) is 0.427. The maximum absolute atomic E-state index is 13.0. The average molecular weight is 526 g/mol. The van der Waals surface area contributed by atoms with Gasteiger partial charge in [0.25, 0.3) is 0 Å². The normalized spacial score (nSPS) is 21.0. The highest BCUT2D eigenvalue weighted by atomic mass is 32.2. The van der Waals surface area contributed by atoms with Gasteiger partial charge in [-0.1, -0.05) is 42.1 Å². The van der Waals surface area contributed by atoms with Crippen LogP contribution in [0, 0.1) is 0 Å². The molecule has 2 aromatic rings. The van der Waals surface area contributed by atoms with Crippen LogP contribution >= 0.6 is 11.8 Å². The Kier molecular flexibility index (Phi) is 7.20. The molecule has 2 amide bonds. The number of piperazine rings is 1. The fraction of sp³-hybridized carbons (Fsp3) is 0.556. The molecule has 37 heavy (non-hydrogen) atoms. The van der Waals surface area contributed by atoms with E-state index in [-0.39, 0.29) is 30.9 Å². The van der Waals surface area contributed by atoms with E-state index in [1.165, 1.54) is 11.8 Å². The maximum Gasteiger partial charge on any atom is 0.410 e. The molecule has 2 unspecified atom stereocenters. The Labute approximate surface area is 222 Å². The van der Waals surface area contributed by atoms with Crippen LogP contribution in [0.3, 0.4) is 0 Å². The third-order valence-corrected chi connectivity index (χ3v) is 7.60. The van der Waals surface area contributed by atoms with Gasteiger partial charge in [0.2, 0.25) is 0 Å². The van der Waals surface area contributed by atoms with Gasteiger partial charge >= 0.3 is 12.2 Å². The number of anilines is 1. The summed E-state index contributed by atoms with van der Waals surface area (Å²) in [5.41, 5.74) is 2.42. The fourth-order valence-electron chi connectivity index (χ4n) is 5.39.